The van der Waals surface area contributed by atoms with Crippen molar-refractivity contribution < 1.29 is 23.1 Å². The highest BCUT2D eigenvalue weighted by molar-refractivity contribution is 7.89. The van der Waals surface area contributed by atoms with Crippen LogP contribution in [0.15, 0.2) is 59.5 Å². The van der Waals surface area contributed by atoms with Crippen molar-refractivity contribution in [1.29, 1.82) is 0 Å². The molecule has 2 aromatic rings. The molecule has 1 aliphatic heterocycles. The lowest BCUT2D eigenvalue weighted by Gasteiger charge is -2.26. The van der Waals surface area contributed by atoms with Crippen molar-refractivity contribution in [2.75, 3.05) is 32.8 Å². The zero-order valence-corrected chi connectivity index (χ0v) is 15.6. The third kappa shape index (κ3) is 4.72. The van der Waals surface area contributed by atoms with E-state index in [0.29, 0.717) is 37.4 Å². The molecule has 0 spiro atoms. The van der Waals surface area contributed by atoms with Crippen LogP contribution in [0.3, 0.4) is 0 Å². The third-order valence-electron chi connectivity index (χ3n) is 4.36. The highest BCUT2D eigenvalue weighted by atomic mass is 32.2. The number of aliphatic hydroxyl groups is 1. The van der Waals surface area contributed by atoms with Gasteiger partial charge in [-0.15, -0.1) is 0 Å². The van der Waals surface area contributed by atoms with Crippen LogP contribution < -0.4 is 5.32 Å². The fraction of sp³-hybridized carbons (Fsp3) is 0.316. The number of morpholine rings is 1. The average molecular weight is 390 g/mol. The minimum Gasteiger partial charge on any atom is -0.387 e. The molecule has 8 heteroatoms. The van der Waals surface area contributed by atoms with Gasteiger partial charge in [0.2, 0.25) is 10.0 Å². The van der Waals surface area contributed by atoms with E-state index in [2.05, 4.69) is 5.32 Å². The molecule has 3 rings (SSSR count). The number of nitrogens with one attached hydrogen (secondary N) is 1. The smallest absolute Gasteiger partial charge is 0.251 e. The summed E-state index contributed by atoms with van der Waals surface area (Å²) < 4.78 is 31.7. The summed E-state index contributed by atoms with van der Waals surface area (Å²) >= 11 is 0. The number of amides is 1. The van der Waals surface area contributed by atoms with Crippen molar-refractivity contribution in [3.63, 3.8) is 0 Å². The van der Waals surface area contributed by atoms with E-state index in [9.17, 15) is 18.3 Å². The molecule has 1 fully saturated rings. The van der Waals surface area contributed by atoms with Crippen molar-refractivity contribution in [2.24, 2.45) is 0 Å². The van der Waals surface area contributed by atoms with E-state index >= 15 is 0 Å². The van der Waals surface area contributed by atoms with Crippen LogP contribution in [0.4, 0.5) is 0 Å². The number of aliphatic hydroxyl groups excluding tert-OH is 1. The molecule has 0 radical (unpaired) electrons. The van der Waals surface area contributed by atoms with Crippen LogP contribution in [0.2, 0.25) is 0 Å². The number of rotatable bonds is 6. The van der Waals surface area contributed by atoms with Gasteiger partial charge < -0.3 is 15.2 Å². The van der Waals surface area contributed by atoms with Crippen LogP contribution in [0.1, 0.15) is 22.0 Å². The first-order valence-electron chi connectivity index (χ1n) is 8.67. The van der Waals surface area contributed by atoms with E-state index in [-0.39, 0.29) is 17.3 Å². The number of sulfonamides is 1. The van der Waals surface area contributed by atoms with Crippen LogP contribution in [0.5, 0.6) is 0 Å². The van der Waals surface area contributed by atoms with Gasteiger partial charge in [-0.2, -0.15) is 4.31 Å². The lowest BCUT2D eigenvalue weighted by atomic mass is 10.1. The monoisotopic (exact) mass is 390 g/mol. The Balaban J connectivity index is 1.62. The number of carbonyl (C=O) groups is 1. The van der Waals surface area contributed by atoms with Gasteiger partial charge in [-0.1, -0.05) is 30.3 Å². The summed E-state index contributed by atoms with van der Waals surface area (Å²) in [5, 5.41) is 12.8. The van der Waals surface area contributed by atoms with E-state index in [1.807, 2.05) is 18.2 Å². The van der Waals surface area contributed by atoms with Gasteiger partial charge in [0.25, 0.3) is 5.91 Å². The maximum Gasteiger partial charge on any atom is 0.251 e. The lowest BCUT2D eigenvalue weighted by Crippen LogP contribution is -2.40. The molecule has 0 bridgehead atoms. The number of benzene rings is 2. The minimum absolute atomic E-state index is 0.0661. The van der Waals surface area contributed by atoms with Crippen LogP contribution in [-0.2, 0) is 14.8 Å². The average Bonchev–Trinajstić information content (AvgIpc) is 2.73. The van der Waals surface area contributed by atoms with Gasteiger partial charge in [0, 0.05) is 25.2 Å². The summed E-state index contributed by atoms with van der Waals surface area (Å²) in [7, 11) is -3.58. The standard InChI is InChI=1S/C19H22N2O5S/c22-18(15-4-2-1-3-5-15)14-20-19(23)16-6-8-17(9-7-16)27(24,25)21-10-12-26-13-11-21/h1-9,18,22H,10-14H2,(H,20,23)/t18-/m0/s1. The Morgan fingerprint density at radius 2 is 1.70 bits per heavy atom. The molecule has 2 N–H and O–H groups in total. The molecule has 0 saturated carbocycles. The van der Waals surface area contributed by atoms with Crippen molar-refractivity contribution in [3.8, 4) is 0 Å². The van der Waals surface area contributed by atoms with Gasteiger partial charge in [0.1, 0.15) is 0 Å². The van der Waals surface area contributed by atoms with E-state index in [4.69, 9.17) is 4.74 Å². The molecular weight excluding hydrogens is 368 g/mol. The van der Waals surface area contributed by atoms with Crippen molar-refractivity contribution in [1.82, 2.24) is 9.62 Å². The molecule has 1 saturated heterocycles. The Hall–Kier alpha value is -2.26. The molecular formula is C19H22N2O5S. The summed E-state index contributed by atoms with van der Waals surface area (Å²) in [5.74, 6) is -0.375. The third-order valence-corrected chi connectivity index (χ3v) is 6.28. The van der Waals surface area contributed by atoms with Gasteiger partial charge in [-0.3, -0.25) is 4.79 Å². The van der Waals surface area contributed by atoms with Crippen molar-refractivity contribution in [2.45, 2.75) is 11.0 Å². The van der Waals surface area contributed by atoms with E-state index < -0.39 is 16.1 Å². The van der Waals surface area contributed by atoms with Crippen molar-refractivity contribution >= 4 is 15.9 Å². The number of hydrogen-bond donors (Lipinski definition) is 2. The Labute approximate surface area is 158 Å². The molecule has 2 aromatic carbocycles. The summed E-state index contributed by atoms with van der Waals surface area (Å²) in [6.07, 6.45) is -0.809. The largest absolute Gasteiger partial charge is 0.387 e. The predicted molar refractivity (Wildman–Crippen MR) is 99.8 cm³/mol. The fourth-order valence-corrected chi connectivity index (χ4v) is 4.21. The zero-order valence-electron chi connectivity index (χ0n) is 14.7. The van der Waals surface area contributed by atoms with Gasteiger partial charge in [0.05, 0.1) is 24.2 Å². The second-order valence-electron chi connectivity index (χ2n) is 6.18. The van der Waals surface area contributed by atoms with Crippen molar-refractivity contribution in [3.05, 3.63) is 65.7 Å². The summed E-state index contributed by atoms with van der Waals surface area (Å²) in [4.78, 5) is 12.4. The number of nitrogens with zero attached hydrogens (tertiary/aromatic N) is 1. The van der Waals surface area contributed by atoms with Gasteiger partial charge in [0.15, 0.2) is 0 Å². The molecule has 27 heavy (non-hydrogen) atoms. The summed E-state index contributed by atoms with van der Waals surface area (Å²) in [5.41, 5.74) is 1.04. The van der Waals surface area contributed by atoms with Gasteiger partial charge in [-0.05, 0) is 29.8 Å². The Morgan fingerprint density at radius 3 is 2.33 bits per heavy atom. The first kappa shape index (κ1) is 19.5. The molecule has 0 aromatic heterocycles. The predicted octanol–water partition coefficient (Wildman–Crippen LogP) is 1.17. The van der Waals surface area contributed by atoms with Crippen LogP contribution in [0.25, 0.3) is 0 Å². The number of hydrogen-bond acceptors (Lipinski definition) is 5. The molecule has 0 aliphatic carbocycles. The highest BCUT2D eigenvalue weighted by Gasteiger charge is 2.26. The molecule has 1 heterocycles. The van der Waals surface area contributed by atoms with E-state index in [1.54, 1.807) is 12.1 Å². The second-order valence-corrected chi connectivity index (χ2v) is 8.12. The Bertz CT molecular complexity index is 863. The molecule has 144 valence electrons. The zero-order chi connectivity index (χ0) is 19.3. The summed E-state index contributed by atoms with van der Waals surface area (Å²) in [6, 6.07) is 14.8. The molecule has 1 amide bonds. The minimum atomic E-state index is -3.58. The molecule has 1 atom stereocenters. The van der Waals surface area contributed by atoms with E-state index in [0.717, 1.165) is 0 Å². The van der Waals surface area contributed by atoms with Crippen LogP contribution in [-0.4, -0.2) is 56.6 Å². The quantitative estimate of drug-likeness (QED) is 0.772. The Morgan fingerprint density at radius 1 is 1.07 bits per heavy atom. The second kappa shape index (κ2) is 8.62. The Kier molecular flexibility index (Phi) is 6.22. The maximum atomic E-state index is 12.6. The van der Waals surface area contributed by atoms with Gasteiger partial charge >= 0.3 is 0 Å². The van der Waals surface area contributed by atoms with Crippen LogP contribution >= 0.6 is 0 Å². The summed E-state index contributed by atoms with van der Waals surface area (Å²) in [6.45, 7) is 1.47. The highest BCUT2D eigenvalue weighted by Crippen LogP contribution is 2.18. The fourth-order valence-electron chi connectivity index (χ4n) is 2.80. The topological polar surface area (TPSA) is 95.9 Å². The number of ether oxygens (including phenoxy) is 1. The number of carbonyl (C=O) groups excluding carboxylic acids is 1. The SMILES string of the molecule is O=C(NC[C@H](O)c1ccccc1)c1ccc(S(=O)(=O)N2CCOCC2)cc1. The lowest BCUT2D eigenvalue weighted by molar-refractivity contribution is 0.0730. The van der Waals surface area contributed by atoms with E-state index in [1.165, 1.54) is 28.6 Å². The molecule has 1 aliphatic rings. The van der Waals surface area contributed by atoms with Crippen LogP contribution in [0, 0.1) is 0 Å². The first-order chi connectivity index (χ1) is 13.0. The van der Waals surface area contributed by atoms with Gasteiger partial charge in [-0.25, -0.2) is 8.42 Å². The maximum absolute atomic E-state index is 12.6. The first-order valence-corrected chi connectivity index (χ1v) is 10.1. The molecule has 7 nitrogen and oxygen atoms in total. The molecule has 0 unspecified atom stereocenters. The normalized spacial score (nSPS) is 16.6.